The van der Waals surface area contributed by atoms with E-state index < -0.39 is 0 Å². The highest BCUT2D eigenvalue weighted by atomic mass is 16.5. The van der Waals surface area contributed by atoms with Crippen LogP contribution in [-0.4, -0.2) is 16.0 Å². The average molecular weight is 279 g/mol. The molecule has 0 fully saturated rings. The Bertz CT molecular complexity index is 749. The molecule has 0 aliphatic heterocycles. The molecule has 1 heterocycles. The van der Waals surface area contributed by atoms with Crippen molar-refractivity contribution in [2.24, 2.45) is 0 Å². The van der Waals surface area contributed by atoms with Gasteiger partial charge in [-0.2, -0.15) is 4.98 Å². The molecule has 21 heavy (non-hydrogen) atoms. The molecule has 0 bridgehead atoms. The van der Waals surface area contributed by atoms with E-state index in [9.17, 15) is 4.79 Å². The topological polar surface area (TPSA) is 68.0 Å². The highest BCUT2D eigenvalue weighted by Crippen LogP contribution is 2.20. The third-order valence-electron chi connectivity index (χ3n) is 2.95. The molecule has 5 heteroatoms. The van der Waals surface area contributed by atoms with Crippen LogP contribution in [-0.2, 0) is 0 Å². The Morgan fingerprint density at radius 1 is 1.05 bits per heavy atom. The van der Waals surface area contributed by atoms with Gasteiger partial charge in [0.2, 0.25) is 0 Å². The minimum absolute atomic E-state index is 0.142. The minimum Gasteiger partial charge on any atom is -0.334 e. The van der Waals surface area contributed by atoms with E-state index in [-0.39, 0.29) is 5.91 Å². The average Bonchev–Trinajstić information content (AvgIpc) is 2.95. The summed E-state index contributed by atoms with van der Waals surface area (Å²) in [7, 11) is 0. The van der Waals surface area contributed by atoms with E-state index in [1.807, 2.05) is 30.3 Å². The zero-order valence-electron chi connectivity index (χ0n) is 11.4. The maximum Gasteiger partial charge on any atom is 0.257 e. The molecular formula is C16H13N3O2. The van der Waals surface area contributed by atoms with Gasteiger partial charge in [0.05, 0.1) is 0 Å². The largest absolute Gasteiger partial charge is 0.334 e. The van der Waals surface area contributed by atoms with Gasteiger partial charge in [0.25, 0.3) is 11.8 Å². The number of aromatic nitrogens is 2. The second-order valence-electron chi connectivity index (χ2n) is 4.54. The van der Waals surface area contributed by atoms with E-state index in [0.29, 0.717) is 23.0 Å². The van der Waals surface area contributed by atoms with Crippen LogP contribution >= 0.6 is 0 Å². The van der Waals surface area contributed by atoms with Gasteiger partial charge in [-0.1, -0.05) is 23.4 Å². The van der Waals surface area contributed by atoms with Crippen molar-refractivity contribution in [2.45, 2.75) is 6.92 Å². The van der Waals surface area contributed by atoms with E-state index in [4.69, 9.17) is 4.52 Å². The maximum absolute atomic E-state index is 12.0. The number of hydrogen-bond donors (Lipinski definition) is 1. The third-order valence-corrected chi connectivity index (χ3v) is 2.95. The molecule has 0 aliphatic carbocycles. The van der Waals surface area contributed by atoms with Crippen molar-refractivity contribution in [2.75, 3.05) is 5.32 Å². The molecule has 2 aromatic carbocycles. The molecule has 3 aromatic rings. The Morgan fingerprint density at radius 3 is 2.38 bits per heavy atom. The lowest BCUT2D eigenvalue weighted by molar-refractivity contribution is 0.102. The molecule has 0 aliphatic rings. The van der Waals surface area contributed by atoms with Gasteiger partial charge in [-0.15, -0.1) is 0 Å². The Morgan fingerprint density at radius 2 is 1.76 bits per heavy atom. The highest BCUT2D eigenvalue weighted by molar-refractivity contribution is 6.04. The van der Waals surface area contributed by atoms with Crippen molar-refractivity contribution >= 4 is 11.6 Å². The van der Waals surface area contributed by atoms with Crippen LogP contribution in [0.4, 0.5) is 5.69 Å². The number of carbonyl (C=O) groups is 1. The molecule has 5 nitrogen and oxygen atoms in total. The van der Waals surface area contributed by atoms with E-state index in [1.54, 1.807) is 31.2 Å². The van der Waals surface area contributed by atoms with Crippen LogP contribution in [0.25, 0.3) is 11.5 Å². The molecule has 0 saturated carbocycles. The zero-order valence-corrected chi connectivity index (χ0v) is 11.4. The number of hydrogen-bond acceptors (Lipinski definition) is 4. The van der Waals surface area contributed by atoms with E-state index in [2.05, 4.69) is 15.5 Å². The van der Waals surface area contributed by atoms with Crippen molar-refractivity contribution < 1.29 is 9.32 Å². The van der Waals surface area contributed by atoms with E-state index in [1.165, 1.54) is 0 Å². The summed E-state index contributed by atoms with van der Waals surface area (Å²) in [6.45, 7) is 1.77. The van der Waals surface area contributed by atoms with Crippen molar-refractivity contribution in [3.05, 3.63) is 66.0 Å². The predicted molar refractivity (Wildman–Crippen MR) is 78.9 cm³/mol. The molecular weight excluding hydrogens is 266 g/mol. The molecule has 0 radical (unpaired) electrons. The van der Waals surface area contributed by atoms with Gasteiger partial charge in [-0.05, 0) is 43.3 Å². The number of aryl methyl sites for hydroxylation is 1. The fourth-order valence-electron chi connectivity index (χ4n) is 1.90. The van der Waals surface area contributed by atoms with Crippen molar-refractivity contribution in [1.82, 2.24) is 10.1 Å². The number of amides is 1. The normalized spacial score (nSPS) is 10.3. The molecule has 104 valence electrons. The van der Waals surface area contributed by atoms with Gasteiger partial charge in [0.1, 0.15) is 0 Å². The number of nitrogens with zero attached hydrogens (tertiary/aromatic N) is 2. The molecule has 1 N–H and O–H groups in total. The lowest BCUT2D eigenvalue weighted by Crippen LogP contribution is -2.11. The third kappa shape index (κ3) is 2.97. The van der Waals surface area contributed by atoms with E-state index >= 15 is 0 Å². The quantitative estimate of drug-likeness (QED) is 0.798. The predicted octanol–water partition coefficient (Wildman–Crippen LogP) is 3.30. The summed E-state index contributed by atoms with van der Waals surface area (Å²) in [6, 6.07) is 16.3. The molecule has 0 unspecified atom stereocenters. The molecule has 0 atom stereocenters. The molecule has 0 saturated heterocycles. The fourth-order valence-corrected chi connectivity index (χ4v) is 1.90. The minimum atomic E-state index is -0.142. The van der Waals surface area contributed by atoms with Crippen LogP contribution in [0, 0.1) is 6.92 Å². The second kappa shape index (κ2) is 5.58. The van der Waals surface area contributed by atoms with Gasteiger partial charge in [0.15, 0.2) is 5.82 Å². The van der Waals surface area contributed by atoms with Crippen molar-refractivity contribution in [1.29, 1.82) is 0 Å². The molecule has 1 aromatic heterocycles. The first-order valence-electron chi connectivity index (χ1n) is 6.49. The summed E-state index contributed by atoms with van der Waals surface area (Å²) >= 11 is 0. The number of anilines is 1. The monoisotopic (exact) mass is 279 g/mol. The first-order chi connectivity index (χ1) is 10.2. The molecule has 3 rings (SSSR count). The zero-order chi connectivity index (χ0) is 14.7. The van der Waals surface area contributed by atoms with Crippen LogP contribution in [0.3, 0.4) is 0 Å². The Hall–Kier alpha value is -2.95. The summed E-state index contributed by atoms with van der Waals surface area (Å²) in [6.07, 6.45) is 0. The summed E-state index contributed by atoms with van der Waals surface area (Å²) in [4.78, 5) is 16.2. The standard InChI is InChI=1S/C16H13N3O2/c1-11-17-16(21-19-11)13-7-9-14(10-8-13)18-15(20)12-5-3-2-4-6-12/h2-10H,1H3,(H,18,20). The lowest BCUT2D eigenvalue weighted by atomic mass is 10.2. The van der Waals surface area contributed by atoms with Crippen LogP contribution < -0.4 is 5.32 Å². The fraction of sp³-hybridized carbons (Fsp3) is 0.0625. The Labute approximate surface area is 121 Å². The van der Waals surface area contributed by atoms with E-state index in [0.717, 1.165) is 5.56 Å². The summed E-state index contributed by atoms with van der Waals surface area (Å²) in [5.74, 6) is 0.914. The number of benzene rings is 2. The highest BCUT2D eigenvalue weighted by Gasteiger charge is 2.08. The van der Waals surface area contributed by atoms with Gasteiger partial charge in [-0.25, -0.2) is 0 Å². The second-order valence-corrected chi connectivity index (χ2v) is 4.54. The molecule has 1 amide bonds. The van der Waals surface area contributed by atoms with Crippen LogP contribution in [0.15, 0.2) is 59.1 Å². The first kappa shape index (κ1) is 13.1. The van der Waals surface area contributed by atoms with Gasteiger partial charge < -0.3 is 9.84 Å². The van der Waals surface area contributed by atoms with Crippen molar-refractivity contribution in [3.63, 3.8) is 0 Å². The summed E-state index contributed by atoms with van der Waals surface area (Å²) < 4.78 is 5.09. The number of carbonyl (C=O) groups excluding carboxylic acids is 1. The molecule has 0 spiro atoms. The first-order valence-corrected chi connectivity index (χ1v) is 6.49. The lowest BCUT2D eigenvalue weighted by Gasteiger charge is -2.05. The SMILES string of the molecule is Cc1noc(-c2ccc(NC(=O)c3ccccc3)cc2)n1. The smallest absolute Gasteiger partial charge is 0.257 e. The van der Waals surface area contributed by atoms with Gasteiger partial charge in [0, 0.05) is 16.8 Å². The van der Waals surface area contributed by atoms with Gasteiger partial charge >= 0.3 is 0 Å². The Balaban J connectivity index is 1.74. The van der Waals surface area contributed by atoms with Crippen molar-refractivity contribution in [3.8, 4) is 11.5 Å². The summed E-state index contributed by atoms with van der Waals surface area (Å²) in [5, 5.41) is 6.58. The van der Waals surface area contributed by atoms with Crippen LogP contribution in [0.5, 0.6) is 0 Å². The number of nitrogens with one attached hydrogen (secondary N) is 1. The van der Waals surface area contributed by atoms with Crippen LogP contribution in [0.1, 0.15) is 16.2 Å². The van der Waals surface area contributed by atoms with Crippen LogP contribution in [0.2, 0.25) is 0 Å². The van der Waals surface area contributed by atoms with Gasteiger partial charge in [-0.3, -0.25) is 4.79 Å². The summed E-state index contributed by atoms with van der Waals surface area (Å²) in [5.41, 5.74) is 2.14. The number of rotatable bonds is 3. The Kier molecular flexibility index (Phi) is 3.47. The maximum atomic E-state index is 12.0.